The zero-order valence-corrected chi connectivity index (χ0v) is 20.7. The molecular weight excluding hydrogens is 348 g/mol. The zero-order valence-electron chi connectivity index (χ0n) is 20.7. The Balaban J connectivity index is 3.09. The summed E-state index contributed by atoms with van der Waals surface area (Å²) in [4.78, 5) is 0. The molecule has 1 unspecified atom stereocenters. The normalized spacial score (nSPS) is 12.5. The summed E-state index contributed by atoms with van der Waals surface area (Å²) < 4.78 is 0. The van der Waals surface area contributed by atoms with Crippen LogP contribution in [0, 0.1) is 19.8 Å². The van der Waals surface area contributed by atoms with Crippen LogP contribution in [0.1, 0.15) is 167 Å². The van der Waals surface area contributed by atoms with Gasteiger partial charge in [0.1, 0.15) is 0 Å². The average Bonchev–Trinajstić information content (AvgIpc) is 2.73. The van der Waals surface area contributed by atoms with E-state index in [-0.39, 0.29) is 0 Å². The molecule has 0 fully saturated rings. The molecule has 0 saturated carbocycles. The van der Waals surface area contributed by atoms with Crippen molar-refractivity contribution in [2.45, 2.75) is 167 Å². The van der Waals surface area contributed by atoms with Crippen molar-refractivity contribution in [2.75, 3.05) is 0 Å². The van der Waals surface area contributed by atoms with Gasteiger partial charge in [0.25, 0.3) is 0 Å². The van der Waals surface area contributed by atoms with Crippen molar-refractivity contribution in [2.24, 2.45) is 5.92 Å². The summed E-state index contributed by atoms with van der Waals surface area (Å²) in [6, 6.07) is 0. The Morgan fingerprint density at radius 1 is 0.345 bits per heavy atom. The first-order valence-corrected chi connectivity index (χ1v) is 13.9. The molecule has 0 aliphatic heterocycles. The van der Waals surface area contributed by atoms with Crippen LogP contribution in [-0.2, 0) is 0 Å². The van der Waals surface area contributed by atoms with Gasteiger partial charge in [0.2, 0.25) is 0 Å². The fourth-order valence-electron chi connectivity index (χ4n) is 4.49. The second-order valence-corrected chi connectivity index (χ2v) is 9.81. The number of hydrogen-bond donors (Lipinski definition) is 0. The third-order valence-corrected chi connectivity index (χ3v) is 6.64. The smallest absolute Gasteiger partial charge is 0.0443 e. The average molecular weight is 407 g/mol. The molecule has 1 atom stereocenters. The van der Waals surface area contributed by atoms with Crippen LogP contribution in [0.3, 0.4) is 0 Å². The van der Waals surface area contributed by atoms with Crippen molar-refractivity contribution in [1.82, 2.24) is 0 Å². The number of rotatable bonds is 25. The van der Waals surface area contributed by atoms with Crippen LogP contribution < -0.4 is 0 Å². The largest absolute Gasteiger partial charge is 0.0625 e. The van der Waals surface area contributed by atoms with Crippen LogP contribution in [-0.4, -0.2) is 0 Å². The number of hydrogen-bond acceptors (Lipinski definition) is 0. The number of unbranched alkanes of at least 4 members (excludes halogenated alkanes) is 21. The molecule has 0 heteroatoms. The van der Waals surface area contributed by atoms with E-state index in [4.69, 9.17) is 0 Å². The minimum absolute atomic E-state index is 0.955. The Kier molecular flexibility index (Phi) is 26.0. The molecule has 0 nitrogen and oxygen atoms in total. The molecule has 0 aromatic rings. The van der Waals surface area contributed by atoms with Gasteiger partial charge in [-0.3, -0.25) is 0 Å². The molecule has 0 amide bonds. The Labute approximate surface area is 187 Å². The highest BCUT2D eigenvalue weighted by molar-refractivity contribution is 4.56. The van der Waals surface area contributed by atoms with E-state index in [1.807, 2.05) is 0 Å². The lowest BCUT2D eigenvalue weighted by atomic mass is 9.96. The van der Waals surface area contributed by atoms with E-state index in [1.165, 1.54) is 148 Å². The van der Waals surface area contributed by atoms with Crippen LogP contribution >= 0.6 is 0 Å². The van der Waals surface area contributed by atoms with E-state index in [0.717, 1.165) is 18.8 Å². The summed E-state index contributed by atoms with van der Waals surface area (Å²) in [5.41, 5.74) is 0. The Hall–Kier alpha value is 0. The van der Waals surface area contributed by atoms with Crippen LogP contribution in [0.5, 0.6) is 0 Å². The van der Waals surface area contributed by atoms with Gasteiger partial charge in [-0.05, 0) is 5.92 Å². The minimum Gasteiger partial charge on any atom is -0.0625 e. The maximum Gasteiger partial charge on any atom is -0.0443 e. The van der Waals surface area contributed by atoms with Gasteiger partial charge in [0.15, 0.2) is 0 Å². The quantitative estimate of drug-likeness (QED) is 0.132. The van der Waals surface area contributed by atoms with Gasteiger partial charge in [-0.2, -0.15) is 0 Å². The van der Waals surface area contributed by atoms with Gasteiger partial charge in [0, 0.05) is 0 Å². The van der Waals surface area contributed by atoms with Crippen LogP contribution in [0.25, 0.3) is 0 Å². The van der Waals surface area contributed by atoms with Gasteiger partial charge in [0.05, 0.1) is 0 Å². The summed E-state index contributed by atoms with van der Waals surface area (Å²) in [6.07, 6.45) is 35.6. The van der Waals surface area contributed by atoms with E-state index in [0.29, 0.717) is 0 Å². The predicted octanol–water partition coefficient (Wildman–Crippen LogP) is 11.0. The van der Waals surface area contributed by atoms with Gasteiger partial charge in [-0.1, -0.05) is 181 Å². The topological polar surface area (TPSA) is 0 Å². The summed E-state index contributed by atoms with van der Waals surface area (Å²) >= 11 is 0. The van der Waals surface area contributed by atoms with Gasteiger partial charge in [-0.25, -0.2) is 0 Å². The lowest BCUT2D eigenvalue weighted by molar-refractivity contribution is 0.431. The summed E-state index contributed by atoms with van der Waals surface area (Å²) in [5.74, 6) is 0.955. The molecule has 0 aliphatic carbocycles. The van der Waals surface area contributed by atoms with E-state index >= 15 is 0 Å². The highest BCUT2D eigenvalue weighted by atomic mass is 14.1. The van der Waals surface area contributed by atoms with Gasteiger partial charge < -0.3 is 0 Å². The highest BCUT2D eigenvalue weighted by Crippen LogP contribution is 2.19. The lowest BCUT2D eigenvalue weighted by Gasteiger charge is -2.11. The predicted molar refractivity (Wildman–Crippen MR) is 135 cm³/mol. The van der Waals surface area contributed by atoms with Crippen LogP contribution in [0.15, 0.2) is 0 Å². The molecule has 0 spiro atoms. The molecule has 0 heterocycles. The SMILES string of the molecule is [CH2]CCCCCCCCCCCCCCCCCCC(C)CCCCCCC[CH2]. The third-order valence-electron chi connectivity index (χ3n) is 6.64. The van der Waals surface area contributed by atoms with Crippen molar-refractivity contribution in [1.29, 1.82) is 0 Å². The molecule has 0 saturated heterocycles. The molecule has 0 aromatic heterocycles. The van der Waals surface area contributed by atoms with Crippen molar-refractivity contribution in [3.05, 3.63) is 13.8 Å². The van der Waals surface area contributed by atoms with Crippen molar-refractivity contribution >= 4 is 0 Å². The molecular formula is C29H58. The summed E-state index contributed by atoms with van der Waals surface area (Å²) in [7, 11) is 0. The molecule has 0 aromatic carbocycles. The zero-order chi connectivity index (χ0) is 21.3. The standard InChI is InChI=1S/C29H58/c1-4-6-8-10-12-13-14-15-16-17-18-19-20-21-22-24-26-28-29(3)27-25-23-11-9-7-5-2/h29H,1-2,4-28H2,3H3. The lowest BCUT2D eigenvalue weighted by Crippen LogP contribution is -1.95. The molecule has 2 radical (unpaired) electrons. The molecule has 29 heavy (non-hydrogen) atoms. The molecule has 0 rings (SSSR count). The maximum atomic E-state index is 3.92. The Bertz CT molecular complexity index is 269. The van der Waals surface area contributed by atoms with Crippen LogP contribution in [0.2, 0.25) is 0 Å². The highest BCUT2D eigenvalue weighted by Gasteiger charge is 2.02. The summed E-state index contributed by atoms with van der Waals surface area (Å²) in [6.45, 7) is 10.3. The first kappa shape index (κ1) is 29.0. The van der Waals surface area contributed by atoms with Crippen molar-refractivity contribution in [3.63, 3.8) is 0 Å². The Morgan fingerprint density at radius 2 is 0.552 bits per heavy atom. The van der Waals surface area contributed by atoms with E-state index < -0.39 is 0 Å². The first-order valence-electron chi connectivity index (χ1n) is 13.9. The van der Waals surface area contributed by atoms with Crippen molar-refractivity contribution < 1.29 is 0 Å². The molecule has 0 bridgehead atoms. The fourth-order valence-corrected chi connectivity index (χ4v) is 4.49. The van der Waals surface area contributed by atoms with Crippen molar-refractivity contribution in [3.8, 4) is 0 Å². The summed E-state index contributed by atoms with van der Waals surface area (Å²) in [5, 5.41) is 0. The molecule has 174 valence electrons. The second kappa shape index (κ2) is 26.0. The van der Waals surface area contributed by atoms with E-state index in [9.17, 15) is 0 Å². The van der Waals surface area contributed by atoms with Gasteiger partial charge >= 0.3 is 0 Å². The van der Waals surface area contributed by atoms with E-state index in [2.05, 4.69) is 20.8 Å². The molecule has 0 N–H and O–H groups in total. The molecule has 0 aliphatic rings. The first-order chi connectivity index (χ1) is 14.3. The maximum absolute atomic E-state index is 3.92. The second-order valence-electron chi connectivity index (χ2n) is 9.81. The monoisotopic (exact) mass is 406 g/mol. The van der Waals surface area contributed by atoms with E-state index in [1.54, 1.807) is 0 Å². The van der Waals surface area contributed by atoms with Crippen LogP contribution in [0.4, 0.5) is 0 Å². The fraction of sp³-hybridized carbons (Fsp3) is 0.931. The third kappa shape index (κ3) is 26.0. The van der Waals surface area contributed by atoms with Gasteiger partial charge in [-0.15, -0.1) is 0 Å². The Morgan fingerprint density at radius 3 is 0.793 bits per heavy atom. The minimum atomic E-state index is 0.955.